The van der Waals surface area contributed by atoms with Gasteiger partial charge in [0.2, 0.25) is 0 Å². The summed E-state index contributed by atoms with van der Waals surface area (Å²) in [4.78, 5) is 16.5. The third kappa shape index (κ3) is 5.18. The summed E-state index contributed by atoms with van der Waals surface area (Å²) in [6, 6.07) is 69.6. The van der Waals surface area contributed by atoms with Crippen molar-refractivity contribution in [3.05, 3.63) is 194 Å². The Labute approximate surface area is 384 Å². The molecule has 0 aliphatic heterocycles. The van der Waals surface area contributed by atoms with Crippen LogP contribution >= 0.6 is 22.7 Å². The molecule has 5 aromatic heterocycles. The van der Waals surface area contributed by atoms with E-state index in [1.807, 2.05) is 23.5 Å². The predicted octanol–water partition coefficient (Wildman–Crippen LogP) is 16.9. The van der Waals surface area contributed by atoms with Crippen molar-refractivity contribution in [2.45, 2.75) is 0 Å². The van der Waals surface area contributed by atoms with Crippen LogP contribution in [0.1, 0.15) is 0 Å². The number of aromatic nitrogens is 4. The fourth-order valence-corrected chi connectivity index (χ4v) is 12.8. The number of furan rings is 1. The minimum atomic E-state index is 0.555. The Bertz CT molecular complexity index is 4330. The van der Waals surface area contributed by atoms with Crippen LogP contribution < -0.4 is 0 Å². The first-order chi connectivity index (χ1) is 32.7. The Morgan fingerprint density at radius 2 is 0.833 bits per heavy atom. The molecule has 0 spiro atoms. The van der Waals surface area contributed by atoms with Gasteiger partial charge in [0.25, 0.3) is 0 Å². The number of fused-ring (bicyclic) bond motifs is 14. The molecule has 0 saturated heterocycles. The maximum Gasteiger partial charge on any atom is 0.167 e. The van der Waals surface area contributed by atoms with E-state index < -0.39 is 0 Å². The van der Waals surface area contributed by atoms with E-state index in [9.17, 15) is 0 Å². The lowest BCUT2D eigenvalue weighted by atomic mass is 10.0. The summed E-state index contributed by atoms with van der Waals surface area (Å²) in [5, 5.41) is 14.1. The minimum absolute atomic E-state index is 0.555. The molecule has 0 aliphatic rings. The molecule has 0 fully saturated rings. The van der Waals surface area contributed by atoms with Crippen molar-refractivity contribution in [2.24, 2.45) is 0 Å². The fourth-order valence-electron chi connectivity index (χ4n) is 10.4. The average Bonchev–Trinajstić information content (AvgIpc) is 4.13. The molecular formula is C59H32N4OS2. The molecule has 10 aromatic carbocycles. The molecule has 0 unspecified atom stereocenters. The fraction of sp³-hybridized carbons (Fsp3) is 0. The number of hydrogen-bond donors (Lipinski definition) is 0. The number of nitrogens with zero attached hydrogens (tertiary/aromatic N) is 4. The molecule has 306 valence electrons. The van der Waals surface area contributed by atoms with Crippen molar-refractivity contribution in [1.29, 1.82) is 0 Å². The summed E-state index contributed by atoms with van der Waals surface area (Å²) in [7, 11) is 0. The van der Waals surface area contributed by atoms with E-state index in [0.29, 0.717) is 17.5 Å². The largest absolute Gasteiger partial charge is 0.455 e. The van der Waals surface area contributed by atoms with Gasteiger partial charge in [0, 0.05) is 68.3 Å². The van der Waals surface area contributed by atoms with Crippen LogP contribution in [-0.4, -0.2) is 19.5 Å². The number of para-hydroxylation sites is 2. The van der Waals surface area contributed by atoms with Gasteiger partial charge in [0.1, 0.15) is 11.2 Å². The molecule has 0 N–H and O–H groups in total. The van der Waals surface area contributed by atoms with Gasteiger partial charge in [-0.25, -0.2) is 15.0 Å². The van der Waals surface area contributed by atoms with Gasteiger partial charge in [-0.05, 0) is 82.2 Å². The summed E-state index contributed by atoms with van der Waals surface area (Å²) in [6.07, 6.45) is 0. The van der Waals surface area contributed by atoms with Gasteiger partial charge in [-0.2, -0.15) is 0 Å². The molecule has 15 aromatic rings. The van der Waals surface area contributed by atoms with Gasteiger partial charge in [-0.3, -0.25) is 0 Å². The van der Waals surface area contributed by atoms with Crippen molar-refractivity contribution in [1.82, 2.24) is 19.5 Å². The van der Waals surface area contributed by atoms with E-state index in [1.165, 1.54) is 68.0 Å². The van der Waals surface area contributed by atoms with Gasteiger partial charge in [-0.1, -0.05) is 133 Å². The van der Waals surface area contributed by atoms with Crippen LogP contribution in [0.25, 0.3) is 145 Å². The molecule has 7 heteroatoms. The summed E-state index contributed by atoms with van der Waals surface area (Å²) in [5.41, 5.74) is 7.58. The van der Waals surface area contributed by atoms with Crippen LogP contribution in [-0.2, 0) is 0 Å². The first-order valence-electron chi connectivity index (χ1n) is 22.1. The quantitative estimate of drug-likeness (QED) is 0.177. The molecular weight excluding hydrogens is 845 g/mol. The third-order valence-corrected chi connectivity index (χ3v) is 15.8. The molecule has 0 aliphatic carbocycles. The Kier molecular flexibility index (Phi) is 7.47. The highest BCUT2D eigenvalue weighted by molar-refractivity contribution is 7.26. The van der Waals surface area contributed by atoms with E-state index in [4.69, 9.17) is 19.4 Å². The maximum atomic E-state index is 6.68. The summed E-state index contributed by atoms with van der Waals surface area (Å²) in [6.45, 7) is 0. The second kappa shape index (κ2) is 13.6. The van der Waals surface area contributed by atoms with Crippen molar-refractivity contribution in [3.63, 3.8) is 0 Å². The smallest absolute Gasteiger partial charge is 0.167 e. The van der Waals surface area contributed by atoms with E-state index in [0.717, 1.165) is 60.0 Å². The number of rotatable bonds is 4. The third-order valence-electron chi connectivity index (χ3n) is 13.4. The second-order valence-corrected chi connectivity index (χ2v) is 19.2. The van der Waals surface area contributed by atoms with Gasteiger partial charge in [0.05, 0.1) is 27.0 Å². The number of thiophene rings is 2. The zero-order chi connectivity index (χ0) is 43.0. The molecule has 0 bridgehead atoms. The molecule has 15 rings (SSSR count). The highest BCUT2D eigenvalue weighted by Crippen LogP contribution is 2.47. The predicted molar refractivity (Wildman–Crippen MR) is 279 cm³/mol. The Morgan fingerprint density at radius 1 is 0.348 bits per heavy atom. The average molecular weight is 877 g/mol. The molecule has 0 amide bonds. The van der Waals surface area contributed by atoms with Crippen LogP contribution in [0.4, 0.5) is 0 Å². The first-order valence-corrected chi connectivity index (χ1v) is 23.7. The van der Waals surface area contributed by atoms with Crippen LogP contribution in [0.15, 0.2) is 199 Å². The monoisotopic (exact) mass is 876 g/mol. The van der Waals surface area contributed by atoms with E-state index in [2.05, 4.69) is 187 Å². The molecule has 0 radical (unpaired) electrons. The second-order valence-electron chi connectivity index (χ2n) is 17.1. The highest BCUT2D eigenvalue weighted by atomic mass is 32.1. The summed E-state index contributed by atoms with van der Waals surface area (Å²) < 4.78 is 13.9. The van der Waals surface area contributed by atoms with E-state index >= 15 is 0 Å². The molecule has 66 heavy (non-hydrogen) atoms. The normalized spacial score (nSPS) is 12.2. The standard InChI is InChI=1S/C59H32N4OS2/c1-3-15-35-31-48-46(29-33(35)13-1)47-30-34-14-2-4-16-36(34)32-49(47)63(48)53-43(28-27-42-39-19-7-10-26-52(39)66-56(42)53)57-60-58(44-22-11-20-40-37-17-5-8-24-50(37)64-54(40)44)62-59(61-57)45-23-12-21-41-38-18-6-9-25-51(38)65-55(41)45/h1-32H. The molecule has 5 nitrogen and oxygen atoms in total. The van der Waals surface area contributed by atoms with Gasteiger partial charge in [0.15, 0.2) is 17.5 Å². The van der Waals surface area contributed by atoms with Crippen LogP contribution in [0.5, 0.6) is 0 Å². The van der Waals surface area contributed by atoms with Crippen molar-refractivity contribution in [2.75, 3.05) is 0 Å². The van der Waals surface area contributed by atoms with Crippen LogP contribution in [0.2, 0.25) is 0 Å². The van der Waals surface area contributed by atoms with Crippen LogP contribution in [0, 0.1) is 0 Å². The molecule has 0 atom stereocenters. The van der Waals surface area contributed by atoms with Crippen molar-refractivity contribution in [3.8, 4) is 39.9 Å². The minimum Gasteiger partial charge on any atom is -0.455 e. The SMILES string of the molecule is c1ccc2cc3c(cc2c1)c1cc2ccccc2cc1n3-c1c(-c2nc(-c3cccc4c3oc3ccccc34)nc(-c3cccc4c3sc3ccccc34)n2)ccc2c1sc1ccccc12. The zero-order valence-corrected chi connectivity index (χ0v) is 36.6. The summed E-state index contributed by atoms with van der Waals surface area (Å²) in [5.74, 6) is 1.76. The lowest BCUT2D eigenvalue weighted by molar-refractivity contribution is 0.669. The summed E-state index contributed by atoms with van der Waals surface area (Å²) >= 11 is 3.60. The Balaban J connectivity index is 1.10. The van der Waals surface area contributed by atoms with Gasteiger partial charge >= 0.3 is 0 Å². The van der Waals surface area contributed by atoms with E-state index in [1.54, 1.807) is 11.3 Å². The number of hydrogen-bond acceptors (Lipinski definition) is 6. The molecule has 0 saturated carbocycles. The first kappa shape index (κ1) is 36.1. The Morgan fingerprint density at radius 3 is 1.50 bits per heavy atom. The lowest BCUT2D eigenvalue weighted by Gasteiger charge is -2.16. The lowest BCUT2D eigenvalue weighted by Crippen LogP contribution is -2.04. The zero-order valence-electron chi connectivity index (χ0n) is 35.0. The topological polar surface area (TPSA) is 56.7 Å². The van der Waals surface area contributed by atoms with Crippen LogP contribution in [0.3, 0.4) is 0 Å². The highest BCUT2D eigenvalue weighted by Gasteiger charge is 2.26. The van der Waals surface area contributed by atoms with Gasteiger partial charge < -0.3 is 8.98 Å². The molecule has 5 heterocycles. The van der Waals surface area contributed by atoms with Crippen molar-refractivity contribution < 1.29 is 4.42 Å². The van der Waals surface area contributed by atoms with Crippen molar-refractivity contribution >= 4 is 128 Å². The number of benzene rings is 10. The Hall–Kier alpha value is -8.23. The van der Waals surface area contributed by atoms with E-state index in [-0.39, 0.29) is 0 Å². The van der Waals surface area contributed by atoms with Gasteiger partial charge in [-0.15, -0.1) is 22.7 Å². The maximum absolute atomic E-state index is 6.68.